The zero-order valence-corrected chi connectivity index (χ0v) is 7.50. The molecule has 1 aliphatic carbocycles. The van der Waals surface area contributed by atoms with Crippen molar-refractivity contribution in [2.24, 2.45) is 5.92 Å². The fourth-order valence-corrected chi connectivity index (χ4v) is 1.22. The molecule has 0 aromatic rings. The normalized spacial score (nSPS) is 24.0. The number of hydrogen-bond acceptors (Lipinski definition) is 1. The molecule has 0 radical (unpaired) electrons. The lowest BCUT2D eigenvalue weighted by atomic mass is 9.96. The first kappa shape index (κ1) is 8.54. The van der Waals surface area contributed by atoms with Crippen molar-refractivity contribution in [1.82, 2.24) is 0 Å². The maximum Gasteiger partial charge on any atom is 0.0789 e. The Morgan fingerprint density at radius 3 is 2.64 bits per heavy atom. The molecule has 0 fully saturated rings. The van der Waals surface area contributed by atoms with Crippen LogP contribution in [0.4, 0.5) is 0 Å². The molecule has 0 N–H and O–H groups in total. The molecule has 0 aromatic carbocycles. The van der Waals surface area contributed by atoms with Gasteiger partial charge in [-0.3, -0.25) is 0 Å². The molecule has 0 saturated carbocycles. The summed E-state index contributed by atoms with van der Waals surface area (Å²) in [5.74, 6) is 0.643. The molecule has 1 heteroatoms. The molecule has 0 amide bonds. The third-order valence-electron chi connectivity index (χ3n) is 2.06. The Morgan fingerprint density at radius 1 is 1.55 bits per heavy atom. The van der Waals surface area contributed by atoms with Gasteiger partial charge in [0.15, 0.2) is 0 Å². The van der Waals surface area contributed by atoms with Crippen molar-refractivity contribution in [3.8, 4) is 0 Å². The van der Waals surface area contributed by atoms with E-state index in [1.807, 2.05) is 0 Å². The second-order valence-electron chi connectivity index (χ2n) is 3.23. The van der Waals surface area contributed by atoms with Crippen molar-refractivity contribution in [3.05, 3.63) is 23.8 Å². The highest BCUT2D eigenvalue weighted by Gasteiger charge is 2.08. The molecule has 11 heavy (non-hydrogen) atoms. The second kappa shape index (κ2) is 3.72. The zero-order chi connectivity index (χ0) is 8.27. The average Bonchev–Trinajstić information content (AvgIpc) is 2.05. The van der Waals surface area contributed by atoms with Gasteiger partial charge in [-0.25, -0.2) is 0 Å². The van der Waals surface area contributed by atoms with Crippen LogP contribution in [0.15, 0.2) is 23.8 Å². The summed E-state index contributed by atoms with van der Waals surface area (Å²) in [5.41, 5.74) is 1.43. The Bertz CT molecular complexity index is 177. The van der Waals surface area contributed by atoms with Crippen LogP contribution in [-0.4, -0.2) is 13.2 Å². The van der Waals surface area contributed by atoms with Crippen LogP contribution in [0.25, 0.3) is 0 Å². The van der Waals surface area contributed by atoms with E-state index in [4.69, 9.17) is 4.74 Å². The summed E-state index contributed by atoms with van der Waals surface area (Å²) in [6.07, 6.45) is 7.90. The van der Waals surface area contributed by atoms with Crippen LogP contribution in [0.5, 0.6) is 0 Å². The largest absolute Gasteiger partial charge is 0.377 e. The van der Waals surface area contributed by atoms with Crippen LogP contribution >= 0.6 is 0 Å². The van der Waals surface area contributed by atoms with Crippen LogP contribution in [0, 0.1) is 5.92 Å². The van der Waals surface area contributed by atoms with Crippen molar-refractivity contribution in [3.63, 3.8) is 0 Å². The van der Waals surface area contributed by atoms with Crippen molar-refractivity contribution in [2.75, 3.05) is 7.11 Å². The van der Waals surface area contributed by atoms with E-state index in [1.165, 1.54) is 5.57 Å². The van der Waals surface area contributed by atoms with Gasteiger partial charge in [-0.1, -0.05) is 32.1 Å². The molecule has 1 unspecified atom stereocenters. The lowest BCUT2D eigenvalue weighted by Crippen LogP contribution is -2.09. The standard InChI is InChI=1S/C10H16O/c1-8(2)9-4-6-10(11-3)7-5-9/h4-6,8,10H,7H2,1-3H3. The Hall–Kier alpha value is -0.560. The molecule has 62 valence electrons. The van der Waals surface area contributed by atoms with E-state index in [-0.39, 0.29) is 0 Å². The second-order valence-corrected chi connectivity index (χ2v) is 3.23. The van der Waals surface area contributed by atoms with E-state index in [0.29, 0.717) is 12.0 Å². The lowest BCUT2D eigenvalue weighted by Gasteiger charge is -2.16. The van der Waals surface area contributed by atoms with Gasteiger partial charge in [0.25, 0.3) is 0 Å². The van der Waals surface area contributed by atoms with E-state index < -0.39 is 0 Å². The van der Waals surface area contributed by atoms with Crippen LogP contribution in [0.3, 0.4) is 0 Å². The zero-order valence-electron chi connectivity index (χ0n) is 7.50. The lowest BCUT2D eigenvalue weighted by molar-refractivity contribution is 0.142. The average molecular weight is 152 g/mol. The first-order valence-corrected chi connectivity index (χ1v) is 4.15. The number of ether oxygens (including phenoxy) is 1. The van der Waals surface area contributed by atoms with Gasteiger partial charge in [0.2, 0.25) is 0 Å². The van der Waals surface area contributed by atoms with Gasteiger partial charge in [-0.15, -0.1) is 0 Å². The van der Waals surface area contributed by atoms with E-state index >= 15 is 0 Å². The predicted octanol–water partition coefficient (Wildman–Crippen LogP) is 2.54. The molecule has 0 aromatic heterocycles. The third kappa shape index (κ3) is 2.19. The van der Waals surface area contributed by atoms with Crippen LogP contribution in [0.2, 0.25) is 0 Å². The smallest absolute Gasteiger partial charge is 0.0789 e. The molecule has 0 bridgehead atoms. The van der Waals surface area contributed by atoms with Crippen LogP contribution in [0.1, 0.15) is 20.3 Å². The van der Waals surface area contributed by atoms with Gasteiger partial charge in [-0.2, -0.15) is 0 Å². The highest BCUT2D eigenvalue weighted by molar-refractivity contribution is 5.25. The Labute approximate surface area is 68.8 Å². The van der Waals surface area contributed by atoms with Gasteiger partial charge < -0.3 is 4.74 Å². The van der Waals surface area contributed by atoms with E-state index in [1.54, 1.807) is 7.11 Å². The fourth-order valence-electron chi connectivity index (χ4n) is 1.22. The SMILES string of the molecule is COC1C=CC(C(C)C)=CC1. The first-order chi connectivity index (χ1) is 5.24. The van der Waals surface area contributed by atoms with Crippen molar-refractivity contribution in [1.29, 1.82) is 0 Å². The van der Waals surface area contributed by atoms with Crippen LogP contribution < -0.4 is 0 Å². The summed E-state index contributed by atoms with van der Waals surface area (Å²) < 4.78 is 5.19. The monoisotopic (exact) mass is 152 g/mol. The number of hydrogen-bond donors (Lipinski definition) is 0. The van der Waals surface area contributed by atoms with Gasteiger partial charge >= 0.3 is 0 Å². The predicted molar refractivity (Wildman–Crippen MR) is 47.5 cm³/mol. The molecule has 0 heterocycles. The minimum atomic E-state index is 0.303. The van der Waals surface area contributed by atoms with Gasteiger partial charge in [0, 0.05) is 7.11 Å². The maximum atomic E-state index is 5.19. The van der Waals surface area contributed by atoms with Crippen molar-refractivity contribution in [2.45, 2.75) is 26.4 Å². The number of methoxy groups -OCH3 is 1. The molecule has 1 atom stereocenters. The van der Waals surface area contributed by atoms with Gasteiger partial charge in [0.05, 0.1) is 6.10 Å². The minimum absolute atomic E-state index is 0.303. The van der Waals surface area contributed by atoms with E-state index in [0.717, 1.165) is 6.42 Å². The highest BCUT2D eigenvalue weighted by atomic mass is 16.5. The molecule has 0 spiro atoms. The summed E-state index contributed by atoms with van der Waals surface area (Å²) in [6, 6.07) is 0. The van der Waals surface area contributed by atoms with Crippen molar-refractivity contribution >= 4 is 0 Å². The Balaban J connectivity index is 2.53. The quantitative estimate of drug-likeness (QED) is 0.591. The molecule has 0 aliphatic heterocycles. The summed E-state index contributed by atoms with van der Waals surface area (Å²) >= 11 is 0. The number of rotatable bonds is 2. The fraction of sp³-hybridized carbons (Fsp3) is 0.600. The molecule has 1 aliphatic rings. The van der Waals surface area contributed by atoms with E-state index in [9.17, 15) is 0 Å². The third-order valence-corrected chi connectivity index (χ3v) is 2.06. The number of allylic oxidation sites excluding steroid dienone is 2. The van der Waals surface area contributed by atoms with Crippen molar-refractivity contribution < 1.29 is 4.74 Å². The maximum absolute atomic E-state index is 5.19. The highest BCUT2D eigenvalue weighted by Crippen LogP contribution is 2.18. The van der Waals surface area contributed by atoms with Gasteiger partial charge in [-0.05, 0) is 17.9 Å². The molecule has 0 saturated heterocycles. The Kier molecular flexibility index (Phi) is 2.89. The Morgan fingerprint density at radius 2 is 2.27 bits per heavy atom. The molecular weight excluding hydrogens is 136 g/mol. The molecular formula is C10H16O. The van der Waals surface area contributed by atoms with Crippen LogP contribution in [-0.2, 0) is 4.74 Å². The summed E-state index contributed by atoms with van der Waals surface area (Å²) in [4.78, 5) is 0. The summed E-state index contributed by atoms with van der Waals surface area (Å²) in [7, 11) is 1.75. The first-order valence-electron chi connectivity index (χ1n) is 4.15. The summed E-state index contributed by atoms with van der Waals surface area (Å²) in [5, 5.41) is 0. The minimum Gasteiger partial charge on any atom is -0.377 e. The summed E-state index contributed by atoms with van der Waals surface area (Å²) in [6.45, 7) is 4.42. The topological polar surface area (TPSA) is 9.23 Å². The molecule has 1 nitrogen and oxygen atoms in total. The van der Waals surface area contributed by atoms with Gasteiger partial charge in [0.1, 0.15) is 0 Å². The molecule has 1 rings (SSSR count). The van der Waals surface area contributed by atoms with E-state index in [2.05, 4.69) is 32.1 Å².